The van der Waals surface area contributed by atoms with Gasteiger partial charge >= 0.3 is 23.9 Å². The molecule has 0 amide bonds. The van der Waals surface area contributed by atoms with Gasteiger partial charge in [-0.25, -0.2) is 9.59 Å². The quantitative estimate of drug-likeness (QED) is 0.179. The van der Waals surface area contributed by atoms with Crippen LogP contribution in [0.1, 0.15) is 67.2 Å². The summed E-state index contributed by atoms with van der Waals surface area (Å²) in [5.74, 6) is -3.59. The van der Waals surface area contributed by atoms with Crippen LogP contribution in [0.15, 0.2) is 23.3 Å². The highest BCUT2D eigenvalue weighted by Gasteiger charge is 2.73. The van der Waals surface area contributed by atoms with Gasteiger partial charge in [-0.1, -0.05) is 19.9 Å². The lowest BCUT2D eigenvalue weighted by atomic mass is 9.41. The van der Waals surface area contributed by atoms with Crippen molar-refractivity contribution in [1.82, 2.24) is 0 Å². The first kappa shape index (κ1) is 32.1. The SMILES string of the molecule is C/C=C(\C)C(=O)OC1CCC(O)(CCl)C2(COC(C)=O)C(OC(C)=O)CC(C)C(C)(CC(O)C3=CC(=O)OC3)C12. The molecule has 0 saturated heterocycles. The topological polar surface area (TPSA) is 146 Å². The van der Waals surface area contributed by atoms with Crippen LogP contribution in [-0.4, -0.2) is 77.1 Å². The number of hydrogen-bond donors (Lipinski definition) is 2. The van der Waals surface area contributed by atoms with Gasteiger partial charge in [-0.15, -0.1) is 11.6 Å². The van der Waals surface area contributed by atoms with Crippen LogP contribution in [0, 0.1) is 22.7 Å². The molecule has 40 heavy (non-hydrogen) atoms. The summed E-state index contributed by atoms with van der Waals surface area (Å²) in [6.45, 7) is 9.29. The highest BCUT2D eigenvalue weighted by atomic mass is 35.5. The number of fused-ring (bicyclic) bond motifs is 1. The summed E-state index contributed by atoms with van der Waals surface area (Å²) >= 11 is 6.47. The van der Waals surface area contributed by atoms with E-state index >= 15 is 0 Å². The molecule has 0 spiro atoms. The van der Waals surface area contributed by atoms with Crippen LogP contribution in [0.5, 0.6) is 0 Å². The zero-order valence-corrected chi connectivity index (χ0v) is 24.8. The Balaban J connectivity index is 2.26. The Morgan fingerprint density at radius 3 is 2.42 bits per heavy atom. The normalized spacial score (nSPS) is 36.6. The molecule has 11 heteroatoms. The second kappa shape index (κ2) is 12.2. The molecule has 2 fully saturated rings. The van der Waals surface area contributed by atoms with Crippen molar-refractivity contribution in [2.75, 3.05) is 19.1 Å². The number of ether oxygens (including phenoxy) is 4. The second-order valence-corrected chi connectivity index (χ2v) is 12.0. The molecule has 224 valence electrons. The molecule has 2 N–H and O–H groups in total. The number of rotatable bonds is 9. The lowest BCUT2D eigenvalue weighted by molar-refractivity contribution is -0.293. The maximum atomic E-state index is 13.1. The molecule has 10 nitrogen and oxygen atoms in total. The zero-order chi connectivity index (χ0) is 30.0. The number of carbonyl (C=O) groups is 4. The zero-order valence-electron chi connectivity index (χ0n) is 24.0. The van der Waals surface area contributed by atoms with E-state index in [-0.39, 0.29) is 50.7 Å². The van der Waals surface area contributed by atoms with E-state index < -0.39 is 64.5 Å². The Labute approximate surface area is 240 Å². The fourth-order valence-electron chi connectivity index (χ4n) is 7.04. The van der Waals surface area contributed by atoms with Crippen molar-refractivity contribution >= 4 is 35.5 Å². The summed E-state index contributed by atoms with van der Waals surface area (Å²) < 4.78 is 22.5. The molecule has 0 bridgehead atoms. The van der Waals surface area contributed by atoms with E-state index in [1.165, 1.54) is 19.9 Å². The molecule has 1 aliphatic heterocycles. The number of halogens is 1. The number of aliphatic hydroxyl groups excluding tert-OH is 1. The molecule has 0 aromatic rings. The Morgan fingerprint density at radius 1 is 1.23 bits per heavy atom. The van der Waals surface area contributed by atoms with E-state index in [0.29, 0.717) is 11.1 Å². The predicted molar refractivity (Wildman–Crippen MR) is 144 cm³/mol. The van der Waals surface area contributed by atoms with Crippen molar-refractivity contribution in [2.45, 2.75) is 91.1 Å². The van der Waals surface area contributed by atoms with Gasteiger partial charge in [0.05, 0.1) is 23.0 Å². The number of hydrogen-bond acceptors (Lipinski definition) is 10. The van der Waals surface area contributed by atoms with E-state index in [1.807, 2.05) is 13.8 Å². The maximum Gasteiger partial charge on any atom is 0.333 e. The predicted octanol–water partition coefficient (Wildman–Crippen LogP) is 3.01. The molecular formula is C29H41ClO10. The van der Waals surface area contributed by atoms with Gasteiger partial charge in [0, 0.05) is 37.0 Å². The number of carbonyl (C=O) groups excluding carboxylic acids is 4. The van der Waals surface area contributed by atoms with Crippen molar-refractivity contribution in [1.29, 1.82) is 0 Å². The van der Waals surface area contributed by atoms with Crippen LogP contribution in [0.25, 0.3) is 0 Å². The largest absolute Gasteiger partial charge is 0.465 e. The minimum atomic E-state index is -1.69. The first-order valence-electron chi connectivity index (χ1n) is 13.6. The Bertz CT molecular complexity index is 1080. The molecule has 0 aromatic carbocycles. The summed E-state index contributed by atoms with van der Waals surface area (Å²) in [7, 11) is 0. The third kappa shape index (κ3) is 5.81. The van der Waals surface area contributed by atoms with Crippen LogP contribution in [0.4, 0.5) is 0 Å². The molecular weight excluding hydrogens is 544 g/mol. The standard InChI is InChI=1S/C29H41ClO10/c1-7-16(2)26(35)40-22-8-9-28(36,14-30)29(15-38-18(4)31)23(39-19(5)32)10-17(3)27(6,25(22)29)12-21(33)20-11-24(34)37-13-20/h7,11,17,21-23,25,33,36H,8-10,12-15H2,1-6H3/b16-7+. The van der Waals surface area contributed by atoms with Gasteiger partial charge in [0.2, 0.25) is 0 Å². The summed E-state index contributed by atoms with van der Waals surface area (Å²) in [6.07, 6.45) is 0.715. The summed E-state index contributed by atoms with van der Waals surface area (Å²) in [6, 6.07) is 0. The number of cyclic esters (lactones) is 1. The molecule has 8 unspecified atom stereocenters. The molecule has 3 aliphatic rings. The summed E-state index contributed by atoms with van der Waals surface area (Å²) in [4.78, 5) is 49.3. The second-order valence-electron chi connectivity index (χ2n) is 11.7. The molecule has 1 heterocycles. The highest BCUT2D eigenvalue weighted by molar-refractivity contribution is 6.18. The van der Waals surface area contributed by atoms with Gasteiger partial charge in [-0.2, -0.15) is 0 Å². The lowest BCUT2D eigenvalue weighted by Gasteiger charge is -2.67. The molecule has 8 atom stereocenters. The third-order valence-corrected chi connectivity index (χ3v) is 9.86. The number of allylic oxidation sites excluding steroid dienone is 1. The van der Waals surface area contributed by atoms with Crippen molar-refractivity contribution in [2.24, 2.45) is 22.7 Å². The van der Waals surface area contributed by atoms with Crippen molar-refractivity contribution in [3.05, 3.63) is 23.3 Å². The van der Waals surface area contributed by atoms with Gasteiger partial charge in [-0.3, -0.25) is 9.59 Å². The minimum Gasteiger partial charge on any atom is -0.465 e. The average molecular weight is 585 g/mol. The van der Waals surface area contributed by atoms with Gasteiger partial charge in [0.15, 0.2) is 0 Å². The molecule has 2 aliphatic carbocycles. The molecule has 3 rings (SSSR count). The van der Waals surface area contributed by atoms with Gasteiger partial charge < -0.3 is 29.2 Å². The molecule has 0 aromatic heterocycles. The first-order valence-corrected chi connectivity index (χ1v) is 14.2. The van der Waals surface area contributed by atoms with Crippen molar-refractivity contribution in [3.63, 3.8) is 0 Å². The number of aliphatic hydroxyl groups is 2. The lowest BCUT2D eigenvalue weighted by Crippen LogP contribution is -2.74. The van der Waals surface area contributed by atoms with E-state index in [4.69, 9.17) is 30.5 Å². The van der Waals surface area contributed by atoms with Gasteiger partial charge in [0.1, 0.15) is 25.4 Å². The van der Waals surface area contributed by atoms with Gasteiger partial charge in [-0.05, 0) is 50.9 Å². The van der Waals surface area contributed by atoms with Crippen LogP contribution in [-0.2, 0) is 38.1 Å². The van der Waals surface area contributed by atoms with Crippen molar-refractivity contribution < 1.29 is 48.3 Å². The van der Waals surface area contributed by atoms with Crippen LogP contribution < -0.4 is 0 Å². The Hall–Kier alpha value is -2.43. The Morgan fingerprint density at radius 2 is 1.90 bits per heavy atom. The fraction of sp³-hybridized carbons (Fsp3) is 0.724. The van der Waals surface area contributed by atoms with E-state index in [1.54, 1.807) is 19.9 Å². The smallest absolute Gasteiger partial charge is 0.333 e. The number of alkyl halides is 1. The van der Waals surface area contributed by atoms with Crippen LogP contribution in [0.2, 0.25) is 0 Å². The van der Waals surface area contributed by atoms with Crippen molar-refractivity contribution in [3.8, 4) is 0 Å². The summed E-state index contributed by atoms with van der Waals surface area (Å²) in [5.41, 5.74) is -3.27. The van der Waals surface area contributed by atoms with Crippen LogP contribution in [0.3, 0.4) is 0 Å². The molecule has 2 saturated carbocycles. The fourth-order valence-corrected chi connectivity index (χ4v) is 7.42. The average Bonchev–Trinajstić information content (AvgIpc) is 3.33. The summed E-state index contributed by atoms with van der Waals surface area (Å²) in [5, 5.41) is 23.5. The van der Waals surface area contributed by atoms with E-state index in [0.717, 1.165) is 0 Å². The highest BCUT2D eigenvalue weighted by Crippen LogP contribution is 2.66. The minimum absolute atomic E-state index is 0.0473. The Kier molecular flexibility index (Phi) is 9.79. The van der Waals surface area contributed by atoms with E-state index in [2.05, 4.69) is 0 Å². The van der Waals surface area contributed by atoms with Gasteiger partial charge in [0.25, 0.3) is 0 Å². The maximum absolute atomic E-state index is 13.1. The monoisotopic (exact) mass is 584 g/mol. The van der Waals surface area contributed by atoms with Crippen LogP contribution >= 0.6 is 11.6 Å². The first-order chi connectivity index (χ1) is 18.6. The molecule has 0 radical (unpaired) electrons. The third-order valence-electron chi connectivity index (χ3n) is 9.42. The van der Waals surface area contributed by atoms with E-state index in [9.17, 15) is 29.4 Å². The number of esters is 4.